The van der Waals surface area contributed by atoms with Crippen LogP contribution in [0.3, 0.4) is 0 Å². The number of aliphatic hydroxyl groups excluding tert-OH is 2. The maximum atomic E-state index is 13.2. The average Bonchev–Trinajstić information content (AvgIpc) is 3.52. The molecule has 1 fully saturated rings. The normalized spacial score (nSPS) is 18.3. The molecule has 0 saturated carbocycles. The molecule has 0 aliphatic carbocycles. The number of hydrogen-bond acceptors (Lipinski definition) is 11. The fourth-order valence-corrected chi connectivity index (χ4v) is 9.49. The molecule has 1 rings (SSSR count). The first kappa shape index (κ1) is 74.9. The van der Waals surface area contributed by atoms with E-state index in [4.69, 9.17) is 23.7 Å². The number of aliphatic hydroxyl groups is 2. The molecule has 1 heterocycles. The van der Waals surface area contributed by atoms with Gasteiger partial charge in [-0.3, -0.25) is 14.4 Å². The van der Waals surface area contributed by atoms with Gasteiger partial charge in [0.25, 0.3) is 0 Å². The van der Waals surface area contributed by atoms with E-state index in [-0.39, 0.29) is 25.9 Å². The van der Waals surface area contributed by atoms with Crippen molar-refractivity contribution in [1.29, 1.82) is 0 Å². The van der Waals surface area contributed by atoms with E-state index in [1.54, 1.807) is 0 Å². The number of carboxylic acid groups (broad SMARTS) is 1. The lowest BCUT2D eigenvalue weighted by Gasteiger charge is -2.40. The quantitative estimate of drug-likeness (QED) is 0.0228. The van der Waals surface area contributed by atoms with Crippen LogP contribution in [0.15, 0.2) is 85.1 Å². The molecule has 81 heavy (non-hydrogen) atoms. The number of hydrogen-bond donors (Lipinski definition) is 3. The lowest BCUT2D eigenvalue weighted by molar-refractivity contribution is -0.301. The Morgan fingerprint density at radius 1 is 0.420 bits per heavy atom. The Morgan fingerprint density at radius 3 is 1.25 bits per heavy atom. The average molecular weight is 1140 g/mol. The van der Waals surface area contributed by atoms with E-state index >= 15 is 0 Å². The van der Waals surface area contributed by atoms with E-state index in [2.05, 4.69) is 99.8 Å². The smallest absolute Gasteiger partial charge is 0.335 e. The van der Waals surface area contributed by atoms with Crippen molar-refractivity contribution < 1.29 is 58.2 Å². The maximum Gasteiger partial charge on any atom is 0.335 e. The number of carboxylic acids is 1. The van der Waals surface area contributed by atoms with Gasteiger partial charge in [0.05, 0.1) is 6.61 Å². The molecule has 0 radical (unpaired) electrons. The lowest BCUT2D eigenvalue weighted by Crippen LogP contribution is -2.61. The van der Waals surface area contributed by atoms with E-state index in [0.29, 0.717) is 25.7 Å². The minimum absolute atomic E-state index is 0.0359. The number of carbonyl (C=O) groups is 4. The summed E-state index contributed by atoms with van der Waals surface area (Å²) < 4.78 is 28.5. The number of aliphatic carboxylic acids is 1. The Bertz CT molecular complexity index is 1730. The molecular formula is C69H116O12. The highest BCUT2D eigenvalue weighted by atomic mass is 16.7. The Balaban J connectivity index is 2.69. The van der Waals surface area contributed by atoms with Crippen LogP contribution in [0.2, 0.25) is 0 Å². The Morgan fingerprint density at radius 2 is 0.790 bits per heavy atom. The first-order valence-electron chi connectivity index (χ1n) is 32.6. The van der Waals surface area contributed by atoms with Crippen molar-refractivity contribution in [3.63, 3.8) is 0 Å². The van der Waals surface area contributed by atoms with E-state index in [0.717, 1.165) is 96.3 Å². The third-order valence-corrected chi connectivity index (χ3v) is 14.5. The van der Waals surface area contributed by atoms with Gasteiger partial charge in [-0.1, -0.05) is 254 Å². The number of unbranched alkanes of at least 4 members (excludes halogenated alkanes) is 27. The first-order valence-corrected chi connectivity index (χ1v) is 32.6. The van der Waals surface area contributed by atoms with E-state index in [9.17, 15) is 34.5 Å². The van der Waals surface area contributed by atoms with Gasteiger partial charge in [-0.05, 0) is 89.9 Å². The summed E-state index contributed by atoms with van der Waals surface area (Å²) in [6.45, 7) is 5.83. The van der Waals surface area contributed by atoms with Crippen LogP contribution >= 0.6 is 0 Å². The highest BCUT2D eigenvalue weighted by molar-refractivity contribution is 5.74. The summed E-state index contributed by atoms with van der Waals surface area (Å²) >= 11 is 0. The molecule has 1 aliphatic heterocycles. The molecule has 0 spiro atoms. The Labute approximate surface area is 492 Å². The number of allylic oxidation sites excluding steroid dienone is 14. The zero-order chi connectivity index (χ0) is 58.9. The second kappa shape index (κ2) is 56.4. The summed E-state index contributed by atoms with van der Waals surface area (Å²) in [7, 11) is 0. The molecule has 6 atom stereocenters. The van der Waals surface area contributed by atoms with Crippen molar-refractivity contribution >= 4 is 23.9 Å². The molecule has 12 heteroatoms. The van der Waals surface area contributed by atoms with Gasteiger partial charge in [0.15, 0.2) is 24.6 Å². The topological polar surface area (TPSA) is 175 Å². The third kappa shape index (κ3) is 46.0. The van der Waals surface area contributed by atoms with Gasteiger partial charge in [0.1, 0.15) is 18.8 Å². The van der Waals surface area contributed by atoms with Crippen LogP contribution in [0.4, 0.5) is 0 Å². The summed E-state index contributed by atoms with van der Waals surface area (Å²) in [6.07, 6.45) is 61.2. The van der Waals surface area contributed by atoms with Gasteiger partial charge in [0.2, 0.25) is 0 Å². The molecule has 0 bridgehead atoms. The summed E-state index contributed by atoms with van der Waals surface area (Å²) in [5, 5.41) is 31.6. The molecule has 0 aromatic heterocycles. The SMILES string of the molecule is CC/C=C\C/C=C\C/C=C\C/C=C\C/C=C\CCCC(=O)OC(COC(=O)CCCCCCCCCCCCCCCCCCCCC)COC1OC(C(=O)O)C(O)C(O)C1OC(=O)CCCCCCC/C=C\C/C=C\CCCCC. The summed E-state index contributed by atoms with van der Waals surface area (Å²) in [5.74, 6) is -3.21. The molecule has 0 aromatic carbocycles. The van der Waals surface area contributed by atoms with E-state index in [1.165, 1.54) is 116 Å². The molecule has 464 valence electrons. The zero-order valence-corrected chi connectivity index (χ0v) is 51.3. The van der Waals surface area contributed by atoms with Gasteiger partial charge in [-0.15, -0.1) is 0 Å². The van der Waals surface area contributed by atoms with Gasteiger partial charge in [0, 0.05) is 19.3 Å². The summed E-state index contributed by atoms with van der Waals surface area (Å²) in [5.41, 5.74) is 0. The minimum atomic E-state index is -1.92. The number of esters is 3. The van der Waals surface area contributed by atoms with Crippen molar-refractivity contribution in [1.82, 2.24) is 0 Å². The zero-order valence-electron chi connectivity index (χ0n) is 51.3. The van der Waals surface area contributed by atoms with Crippen LogP contribution in [0.25, 0.3) is 0 Å². The van der Waals surface area contributed by atoms with Crippen molar-refractivity contribution in [2.24, 2.45) is 0 Å². The standard InChI is InChI=1S/C69H116O12/c1-4-7-10-13-16-19-22-25-28-30-31-33-35-37-40-43-46-49-52-55-61(70)77-58-60(79-62(71)56-53-50-47-44-41-39-36-32-29-26-23-20-17-14-11-8-5-2)59-78-69-67(65(74)64(73)66(81-69)68(75)76)80-63(72)57-54-51-48-45-42-38-34-27-24-21-18-15-12-9-6-3/h8,11,17-18,20-21,26-27,29,34,36,39,44,47,60,64-67,69,73-74H,4-7,9-10,12-16,19,22-25,28,30-33,35,37-38,40-43,45-46,48-59H2,1-3H3,(H,75,76)/b11-8-,20-17-,21-18-,29-26-,34-27-,39-36-,47-44-. The lowest BCUT2D eigenvalue weighted by atomic mass is 9.98. The second-order valence-electron chi connectivity index (χ2n) is 22.0. The van der Waals surface area contributed by atoms with Crippen molar-refractivity contribution in [2.75, 3.05) is 13.2 Å². The molecule has 0 aromatic rings. The summed E-state index contributed by atoms with van der Waals surface area (Å²) in [4.78, 5) is 51.3. The van der Waals surface area contributed by atoms with Crippen LogP contribution in [0.5, 0.6) is 0 Å². The molecule has 12 nitrogen and oxygen atoms in total. The fraction of sp³-hybridized carbons (Fsp3) is 0.739. The van der Waals surface area contributed by atoms with E-state index < -0.39 is 67.3 Å². The van der Waals surface area contributed by atoms with Crippen LogP contribution in [0, 0.1) is 0 Å². The molecule has 1 aliphatic rings. The van der Waals surface area contributed by atoms with Crippen molar-refractivity contribution in [3.8, 4) is 0 Å². The van der Waals surface area contributed by atoms with Gasteiger partial charge >= 0.3 is 23.9 Å². The van der Waals surface area contributed by atoms with Crippen LogP contribution in [-0.2, 0) is 42.9 Å². The maximum absolute atomic E-state index is 13.2. The van der Waals surface area contributed by atoms with Gasteiger partial charge in [-0.25, -0.2) is 4.79 Å². The number of carbonyl (C=O) groups excluding carboxylic acids is 3. The van der Waals surface area contributed by atoms with Gasteiger partial charge in [-0.2, -0.15) is 0 Å². The predicted molar refractivity (Wildman–Crippen MR) is 331 cm³/mol. The van der Waals surface area contributed by atoms with Gasteiger partial charge < -0.3 is 39.0 Å². The summed E-state index contributed by atoms with van der Waals surface area (Å²) in [6, 6.07) is 0. The monoisotopic (exact) mass is 1140 g/mol. The van der Waals surface area contributed by atoms with Crippen molar-refractivity contribution in [3.05, 3.63) is 85.1 Å². The predicted octanol–water partition coefficient (Wildman–Crippen LogP) is 17.5. The van der Waals surface area contributed by atoms with E-state index in [1.807, 2.05) is 6.08 Å². The third-order valence-electron chi connectivity index (χ3n) is 14.5. The fourth-order valence-electron chi connectivity index (χ4n) is 9.49. The first-order chi connectivity index (χ1) is 39.6. The molecular weight excluding hydrogens is 1020 g/mol. The molecule has 0 amide bonds. The Kier molecular flexibility index (Phi) is 52.1. The second-order valence-corrected chi connectivity index (χ2v) is 22.0. The molecule has 6 unspecified atom stereocenters. The van der Waals surface area contributed by atoms with Crippen LogP contribution in [-0.4, -0.2) is 89.2 Å². The van der Waals surface area contributed by atoms with Crippen LogP contribution < -0.4 is 0 Å². The number of ether oxygens (including phenoxy) is 5. The highest BCUT2D eigenvalue weighted by Gasteiger charge is 2.50. The number of rotatable bonds is 55. The highest BCUT2D eigenvalue weighted by Crippen LogP contribution is 2.26. The Hall–Kier alpha value is -4.10. The molecule has 3 N–H and O–H groups in total. The van der Waals surface area contributed by atoms with Crippen LogP contribution in [0.1, 0.15) is 278 Å². The largest absolute Gasteiger partial charge is 0.479 e. The van der Waals surface area contributed by atoms with Crippen molar-refractivity contribution in [2.45, 2.75) is 314 Å². The minimum Gasteiger partial charge on any atom is -0.479 e. The molecule has 1 saturated heterocycles.